The maximum atomic E-state index is 5.94. The quantitative estimate of drug-likeness (QED) is 0.296. The van der Waals surface area contributed by atoms with Crippen LogP contribution in [0.1, 0.15) is 12.5 Å². The molecule has 2 aromatic rings. The average molecular weight is 550 g/mol. The largest absolute Gasteiger partial charge is 0.493 e. The molecule has 148 valence electrons. The molecule has 8 heteroatoms. The van der Waals surface area contributed by atoms with E-state index in [2.05, 4.69) is 26.2 Å². The van der Waals surface area contributed by atoms with Gasteiger partial charge in [0.25, 0.3) is 0 Å². The number of nitrogens with one attached hydrogen (secondary N) is 1. The fourth-order valence-electron chi connectivity index (χ4n) is 2.26. The molecule has 0 saturated heterocycles. The van der Waals surface area contributed by atoms with Gasteiger partial charge in [0.05, 0.1) is 31.8 Å². The lowest BCUT2D eigenvalue weighted by Crippen LogP contribution is -2.38. The number of ether oxygens (including phenoxy) is 3. The van der Waals surface area contributed by atoms with Crippen LogP contribution in [0.5, 0.6) is 17.2 Å². The molecule has 0 amide bonds. The van der Waals surface area contributed by atoms with E-state index < -0.39 is 0 Å². The number of nitrogens with two attached hydrogens (primary N) is 1. The van der Waals surface area contributed by atoms with E-state index in [0.29, 0.717) is 30.5 Å². The predicted molar refractivity (Wildman–Crippen MR) is 123 cm³/mol. The maximum Gasteiger partial charge on any atom is 0.189 e. The second-order valence-electron chi connectivity index (χ2n) is 5.63. The molecule has 0 bridgehead atoms. The minimum atomic E-state index is -0.0662. The molecule has 0 aliphatic rings. The lowest BCUT2D eigenvalue weighted by atomic mass is 10.2. The zero-order valence-electron chi connectivity index (χ0n) is 15.6. The molecule has 1 unspecified atom stereocenters. The summed E-state index contributed by atoms with van der Waals surface area (Å²) in [4.78, 5) is 4.34. The topological polar surface area (TPSA) is 78.1 Å². The summed E-state index contributed by atoms with van der Waals surface area (Å²) in [5.41, 5.74) is 6.91. The van der Waals surface area contributed by atoms with Crippen molar-refractivity contribution in [3.8, 4) is 17.2 Å². The van der Waals surface area contributed by atoms with Gasteiger partial charge >= 0.3 is 0 Å². The average Bonchev–Trinajstić information content (AvgIpc) is 2.66. The van der Waals surface area contributed by atoms with E-state index in [1.807, 2.05) is 49.4 Å². The van der Waals surface area contributed by atoms with Gasteiger partial charge in [-0.1, -0.05) is 18.2 Å². The summed E-state index contributed by atoms with van der Waals surface area (Å²) in [5, 5.41) is 3.08. The number of para-hydroxylation sites is 1. The monoisotopic (exact) mass is 549 g/mol. The third kappa shape index (κ3) is 7.45. The first-order valence-electron chi connectivity index (χ1n) is 8.19. The Morgan fingerprint density at radius 2 is 1.81 bits per heavy atom. The third-order valence-electron chi connectivity index (χ3n) is 3.62. The fourth-order valence-corrected chi connectivity index (χ4v) is 2.64. The number of rotatable bonds is 8. The van der Waals surface area contributed by atoms with Gasteiger partial charge in [0.1, 0.15) is 11.9 Å². The molecule has 3 N–H and O–H groups in total. The molecule has 0 spiro atoms. The molecular formula is C19H25BrIN3O3. The smallest absolute Gasteiger partial charge is 0.189 e. The standard InChI is InChI=1S/C19H24BrN3O3.HI/c1-13(26-16-7-5-4-6-15(16)20)11-22-19(21)23-12-14-8-9-17(24-2)18(10-14)25-3;/h4-10,13H,11-12H2,1-3H3,(H3,21,22,23);1H. The van der Waals surface area contributed by atoms with Crippen molar-refractivity contribution in [3.63, 3.8) is 0 Å². The van der Waals surface area contributed by atoms with Crippen LogP contribution in [0.3, 0.4) is 0 Å². The summed E-state index contributed by atoms with van der Waals surface area (Å²) < 4.78 is 17.3. The lowest BCUT2D eigenvalue weighted by molar-refractivity contribution is 0.222. The fraction of sp³-hybridized carbons (Fsp3) is 0.316. The highest BCUT2D eigenvalue weighted by Crippen LogP contribution is 2.27. The predicted octanol–water partition coefficient (Wildman–Crippen LogP) is 3.96. The van der Waals surface area contributed by atoms with Gasteiger partial charge < -0.3 is 25.3 Å². The number of guanidine groups is 1. The van der Waals surface area contributed by atoms with Gasteiger partial charge in [0.2, 0.25) is 0 Å². The highest BCUT2D eigenvalue weighted by atomic mass is 127. The van der Waals surface area contributed by atoms with Gasteiger partial charge in [-0.2, -0.15) is 0 Å². The Hall–Kier alpha value is -1.68. The van der Waals surface area contributed by atoms with Crippen molar-refractivity contribution in [2.45, 2.75) is 19.6 Å². The van der Waals surface area contributed by atoms with Crippen molar-refractivity contribution in [2.75, 3.05) is 20.8 Å². The molecule has 1 atom stereocenters. The Kier molecular flexibility index (Phi) is 10.3. The number of benzene rings is 2. The SMILES string of the molecule is COc1ccc(CN=C(N)NCC(C)Oc2ccccc2Br)cc1OC.I. The van der Waals surface area contributed by atoms with Crippen LogP contribution in [0.15, 0.2) is 51.9 Å². The Bertz CT molecular complexity index is 759. The second-order valence-corrected chi connectivity index (χ2v) is 6.48. The van der Waals surface area contributed by atoms with Gasteiger partial charge in [-0.15, -0.1) is 24.0 Å². The van der Waals surface area contributed by atoms with Crippen LogP contribution < -0.4 is 25.3 Å². The Balaban J connectivity index is 0.00000364. The van der Waals surface area contributed by atoms with Gasteiger partial charge in [-0.25, -0.2) is 4.99 Å². The summed E-state index contributed by atoms with van der Waals surface area (Å²) in [6.45, 7) is 2.95. The third-order valence-corrected chi connectivity index (χ3v) is 4.27. The zero-order chi connectivity index (χ0) is 18.9. The van der Waals surface area contributed by atoms with Crippen LogP contribution in [0, 0.1) is 0 Å². The first-order valence-corrected chi connectivity index (χ1v) is 8.98. The van der Waals surface area contributed by atoms with Crippen LogP contribution in [0.2, 0.25) is 0 Å². The molecule has 0 saturated carbocycles. The number of methoxy groups -OCH3 is 2. The molecule has 0 radical (unpaired) electrons. The van der Waals surface area contributed by atoms with E-state index in [-0.39, 0.29) is 30.1 Å². The Morgan fingerprint density at radius 3 is 2.48 bits per heavy atom. The Labute approximate surface area is 185 Å². The Morgan fingerprint density at radius 1 is 1.11 bits per heavy atom. The van der Waals surface area contributed by atoms with E-state index >= 15 is 0 Å². The number of halogens is 2. The van der Waals surface area contributed by atoms with E-state index in [4.69, 9.17) is 19.9 Å². The van der Waals surface area contributed by atoms with Crippen LogP contribution in [0.25, 0.3) is 0 Å². The van der Waals surface area contributed by atoms with Crippen LogP contribution in [-0.4, -0.2) is 32.8 Å². The molecule has 27 heavy (non-hydrogen) atoms. The van der Waals surface area contributed by atoms with Crippen molar-refractivity contribution in [1.29, 1.82) is 0 Å². The minimum absolute atomic E-state index is 0. The summed E-state index contributed by atoms with van der Waals surface area (Å²) in [6, 6.07) is 13.4. The summed E-state index contributed by atoms with van der Waals surface area (Å²) in [6.07, 6.45) is -0.0662. The summed E-state index contributed by atoms with van der Waals surface area (Å²) in [7, 11) is 3.21. The van der Waals surface area contributed by atoms with Crippen molar-refractivity contribution < 1.29 is 14.2 Å². The first kappa shape index (κ1) is 23.4. The van der Waals surface area contributed by atoms with Crippen LogP contribution in [-0.2, 0) is 6.54 Å². The van der Waals surface area contributed by atoms with E-state index in [1.165, 1.54) is 0 Å². The zero-order valence-corrected chi connectivity index (χ0v) is 19.5. The molecule has 0 heterocycles. The van der Waals surface area contributed by atoms with Crippen molar-refractivity contribution in [2.24, 2.45) is 10.7 Å². The molecule has 0 aliphatic carbocycles. The highest BCUT2D eigenvalue weighted by Gasteiger charge is 2.07. The van der Waals surface area contributed by atoms with Gasteiger partial charge in [0.15, 0.2) is 17.5 Å². The summed E-state index contributed by atoms with van der Waals surface area (Å²) >= 11 is 3.46. The van der Waals surface area contributed by atoms with E-state index in [1.54, 1.807) is 14.2 Å². The molecular weight excluding hydrogens is 525 g/mol. The number of hydrogen-bond acceptors (Lipinski definition) is 4. The minimum Gasteiger partial charge on any atom is -0.493 e. The molecule has 0 aromatic heterocycles. The molecule has 2 rings (SSSR count). The van der Waals surface area contributed by atoms with Gasteiger partial charge in [-0.05, 0) is 52.7 Å². The number of nitrogens with zero attached hydrogens (tertiary/aromatic N) is 1. The molecule has 2 aromatic carbocycles. The number of hydrogen-bond donors (Lipinski definition) is 2. The normalized spacial score (nSPS) is 11.9. The van der Waals surface area contributed by atoms with E-state index in [0.717, 1.165) is 15.8 Å². The molecule has 0 aliphatic heterocycles. The second kappa shape index (κ2) is 11.9. The summed E-state index contributed by atoms with van der Waals surface area (Å²) in [5.74, 6) is 2.51. The van der Waals surface area contributed by atoms with Crippen molar-refractivity contribution in [1.82, 2.24) is 5.32 Å². The van der Waals surface area contributed by atoms with Crippen molar-refractivity contribution in [3.05, 3.63) is 52.5 Å². The molecule has 0 fully saturated rings. The maximum absolute atomic E-state index is 5.94. The van der Waals surface area contributed by atoms with Crippen LogP contribution >= 0.6 is 39.9 Å². The highest BCUT2D eigenvalue weighted by molar-refractivity contribution is 14.0. The molecule has 6 nitrogen and oxygen atoms in total. The number of aliphatic imine (C=N–C) groups is 1. The van der Waals surface area contributed by atoms with E-state index in [9.17, 15) is 0 Å². The van der Waals surface area contributed by atoms with Crippen molar-refractivity contribution >= 4 is 45.9 Å². The first-order chi connectivity index (χ1) is 12.5. The lowest BCUT2D eigenvalue weighted by Gasteiger charge is -2.16. The van der Waals surface area contributed by atoms with Gasteiger partial charge in [0, 0.05) is 0 Å². The van der Waals surface area contributed by atoms with Crippen LogP contribution in [0.4, 0.5) is 0 Å². The van der Waals surface area contributed by atoms with Gasteiger partial charge in [-0.3, -0.25) is 0 Å².